The van der Waals surface area contributed by atoms with Crippen molar-refractivity contribution >= 4 is 21.7 Å². The molecule has 2 heterocycles. The summed E-state index contributed by atoms with van der Waals surface area (Å²) < 4.78 is 51.0. The lowest BCUT2D eigenvalue weighted by Crippen LogP contribution is -2.49. The molecule has 0 spiro atoms. The number of rotatable bonds is 12. The van der Waals surface area contributed by atoms with E-state index in [0.717, 1.165) is 42.1 Å². The summed E-state index contributed by atoms with van der Waals surface area (Å²) in [5, 5.41) is 0. The number of sulfonamides is 1. The smallest absolute Gasteiger partial charge is 0.305 e. The highest BCUT2D eigenvalue weighted by molar-refractivity contribution is 7.89. The lowest BCUT2D eigenvalue weighted by atomic mass is 9.98. The van der Waals surface area contributed by atoms with Gasteiger partial charge in [0.05, 0.1) is 36.9 Å². The zero-order chi connectivity index (χ0) is 27.8. The molecule has 214 valence electrons. The number of carbonyl (C=O) groups is 1. The van der Waals surface area contributed by atoms with Crippen molar-refractivity contribution in [2.75, 3.05) is 52.0 Å². The lowest BCUT2D eigenvalue weighted by Gasteiger charge is -2.38. The first-order chi connectivity index (χ1) is 18.8. The Morgan fingerprint density at radius 2 is 1.90 bits per heavy atom. The molecule has 2 aliphatic heterocycles. The molecule has 2 aromatic carbocycles. The summed E-state index contributed by atoms with van der Waals surface area (Å²) in [6.07, 6.45) is 2.57. The van der Waals surface area contributed by atoms with Crippen LogP contribution in [0.5, 0.6) is 5.75 Å². The summed E-state index contributed by atoms with van der Waals surface area (Å²) >= 11 is 0. The molecule has 0 aliphatic carbocycles. The van der Waals surface area contributed by atoms with E-state index in [1.807, 2.05) is 19.1 Å². The number of carbonyl (C=O) groups excluding carboxylic acids is 1. The molecule has 0 amide bonds. The molecule has 1 fully saturated rings. The minimum absolute atomic E-state index is 0.171. The van der Waals surface area contributed by atoms with Crippen molar-refractivity contribution in [1.82, 2.24) is 4.31 Å². The average molecular weight is 561 g/mol. The summed E-state index contributed by atoms with van der Waals surface area (Å²) in [6, 6.07) is 12.7. The van der Waals surface area contributed by atoms with Gasteiger partial charge in [0, 0.05) is 39.3 Å². The minimum Gasteiger partial charge on any atom is -0.490 e. The van der Waals surface area contributed by atoms with Gasteiger partial charge in [-0.05, 0) is 62.4 Å². The van der Waals surface area contributed by atoms with Crippen LogP contribution in [0.15, 0.2) is 47.4 Å². The normalized spacial score (nSPS) is 19.8. The van der Waals surface area contributed by atoms with Gasteiger partial charge in [-0.2, -0.15) is 4.31 Å². The van der Waals surface area contributed by atoms with Crippen LogP contribution < -0.4 is 9.64 Å². The van der Waals surface area contributed by atoms with Crippen LogP contribution in [0.3, 0.4) is 0 Å². The van der Waals surface area contributed by atoms with Gasteiger partial charge in [0.25, 0.3) is 0 Å². The Morgan fingerprint density at radius 1 is 1.10 bits per heavy atom. The number of anilines is 1. The SMILES string of the molecule is COCCCN1CCOc2ccc(CO[C@@H]3CC[C@@H](CCC(=O)OC)N(S(=O)(=O)c4ccc(C)cc4)C3)cc21. The van der Waals surface area contributed by atoms with E-state index in [4.69, 9.17) is 18.9 Å². The van der Waals surface area contributed by atoms with Gasteiger partial charge in [0.15, 0.2) is 0 Å². The highest BCUT2D eigenvalue weighted by atomic mass is 32.2. The third kappa shape index (κ3) is 7.51. The van der Waals surface area contributed by atoms with Crippen LogP contribution in [0, 0.1) is 6.92 Å². The third-order valence-corrected chi connectivity index (χ3v) is 9.33. The number of aryl methyl sites for hydroxylation is 1. The largest absolute Gasteiger partial charge is 0.490 e. The van der Waals surface area contributed by atoms with Crippen molar-refractivity contribution < 1.29 is 32.2 Å². The van der Waals surface area contributed by atoms with Gasteiger partial charge in [0.2, 0.25) is 10.0 Å². The Kier molecular flexibility index (Phi) is 10.2. The van der Waals surface area contributed by atoms with Gasteiger partial charge in [-0.1, -0.05) is 23.8 Å². The van der Waals surface area contributed by atoms with Gasteiger partial charge >= 0.3 is 5.97 Å². The zero-order valence-corrected chi connectivity index (χ0v) is 24.0. The molecule has 0 bridgehead atoms. The molecular weight excluding hydrogens is 520 g/mol. The lowest BCUT2D eigenvalue weighted by molar-refractivity contribution is -0.141. The quantitative estimate of drug-likeness (QED) is 0.285. The van der Waals surface area contributed by atoms with Gasteiger partial charge < -0.3 is 23.8 Å². The number of methoxy groups -OCH3 is 2. The molecule has 2 atom stereocenters. The number of ether oxygens (including phenoxy) is 4. The van der Waals surface area contributed by atoms with Crippen molar-refractivity contribution in [3.63, 3.8) is 0 Å². The maximum Gasteiger partial charge on any atom is 0.305 e. The molecular formula is C29H40N2O7S. The summed E-state index contributed by atoms with van der Waals surface area (Å²) in [6.45, 7) is 5.60. The molecule has 1 saturated heterocycles. The Hall–Kier alpha value is -2.66. The van der Waals surface area contributed by atoms with E-state index in [1.165, 1.54) is 11.4 Å². The molecule has 9 nitrogen and oxygen atoms in total. The van der Waals surface area contributed by atoms with E-state index < -0.39 is 10.0 Å². The van der Waals surface area contributed by atoms with Crippen LogP contribution in [0.25, 0.3) is 0 Å². The summed E-state index contributed by atoms with van der Waals surface area (Å²) in [5.74, 6) is 0.526. The fraction of sp³-hybridized carbons (Fsp3) is 0.552. The van der Waals surface area contributed by atoms with Crippen LogP contribution in [-0.2, 0) is 35.6 Å². The molecule has 0 N–H and O–H groups in total. The first-order valence-electron chi connectivity index (χ1n) is 13.6. The number of esters is 1. The molecule has 2 aliphatic rings. The maximum absolute atomic E-state index is 13.7. The number of piperidine rings is 1. The number of benzene rings is 2. The average Bonchev–Trinajstić information content (AvgIpc) is 2.95. The van der Waals surface area contributed by atoms with E-state index in [0.29, 0.717) is 39.1 Å². The number of nitrogens with zero attached hydrogens (tertiary/aromatic N) is 2. The fourth-order valence-corrected chi connectivity index (χ4v) is 6.89. The van der Waals surface area contributed by atoms with Gasteiger partial charge in [-0.25, -0.2) is 8.42 Å². The van der Waals surface area contributed by atoms with Crippen LogP contribution in [0.2, 0.25) is 0 Å². The molecule has 0 aromatic heterocycles. The highest BCUT2D eigenvalue weighted by Crippen LogP contribution is 2.34. The Bertz CT molecular complexity index is 1200. The minimum atomic E-state index is -3.76. The number of hydrogen-bond acceptors (Lipinski definition) is 8. The van der Waals surface area contributed by atoms with E-state index in [-0.39, 0.29) is 36.0 Å². The topological polar surface area (TPSA) is 94.6 Å². The van der Waals surface area contributed by atoms with Crippen molar-refractivity contribution in [1.29, 1.82) is 0 Å². The van der Waals surface area contributed by atoms with E-state index in [1.54, 1.807) is 31.4 Å². The second-order valence-electron chi connectivity index (χ2n) is 10.2. The van der Waals surface area contributed by atoms with Gasteiger partial charge in [-0.3, -0.25) is 4.79 Å². The second kappa shape index (κ2) is 13.6. The Morgan fingerprint density at radius 3 is 2.64 bits per heavy atom. The number of fused-ring (bicyclic) bond motifs is 1. The van der Waals surface area contributed by atoms with Crippen LogP contribution in [0.4, 0.5) is 5.69 Å². The molecule has 39 heavy (non-hydrogen) atoms. The van der Waals surface area contributed by atoms with E-state index in [2.05, 4.69) is 11.0 Å². The predicted octanol–water partition coefficient (Wildman–Crippen LogP) is 3.92. The first-order valence-corrected chi connectivity index (χ1v) is 15.0. The summed E-state index contributed by atoms with van der Waals surface area (Å²) in [4.78, 5) is 14.4. The monoisotopic (exact) mass is 560 g/mol. The number of hydrogen-bond donors (Lipinski definition) is 0. The Balaban J connectivity index is 1.45. The standard InChI is InChI=1S/C29H40N2O7S/c1-22-5-11-26(12-6-22)39(33,34)31-20-25(10-8-24(31)9-14-29(32)36-3)38-21-23-7-13-28-27(19-23)30(16-18-37-28)15-4-17-35-2/h5-7,11-13,19,24-25H,4,8-10,14-18,20-21H2,1-3H3/t24-,25+/m0/s1. The van der Waals surface area contributed by atoms with Crippen molar-refractivity contribution in [3.8, 4) is 5.75 Å². The summed E-state index contributed by atoms with van der Waals surface area (Å²) in [7, 11) is -0.704. The maximum atomic E-state index is 13.7. The highest BCUT2D eigenvalue weighted by Gasteiger charge is 2.37. The van der Waals surface area contributed by atoms with Gasteiger partial charge in [0.1, 0.15) is 12.4 Å². The predicted molar refractivity (Wildman–Crippen MR) is 149 cm³/mol. The second-order valence-corrected chi connectivity index (χ2v) is 12.0. The van der Waals surface area contributed by atoms with E-state index in [9.17, 15) is 13.2 Å². The van der Waals surface area contributed by atoms with E-state index >= 15 is 0 Å². The molecule has 4 rings (SSSR count). The first kappa shape index (κ1) is 29.3. The van der Waals surface area contributed by atoms with Gasteiger partial charge in [-0.15, -0.1) is 0 Å². The molecule has 10 heteroatoms. The fourth-order valence-electron chi connectivity index (χ4n) is 5.17. The van der Waals surface area contributed by atoms with Crippen molar-refractivity contribution in [3.05, 3.63) is 53.6 Å². The molecule has 0 unspecified atom stereocenters. The van der Waals surface area contributed by atoms with Crippen LogP contribution >= 0.6 is 0 Å². The van der Waals surface area contributed by atoms with Crippen molar-refractivity contribution in [2.24, 2.45) is 0 Å². The Labute approximate surface area is 232 Å². The molecule has 0 saturated carbocycles. The van der Waals surface area contributed by atoms with Crippen LogP contribution in [-0.4, -0.2) is 77.9 Å². The summed E-state index contributed by atoms with van der Waals surface area (Å²) in [5.41, 5.74) is 3.05. The van der Waals surface area contributed by atoms with Crippen molar-refractivity contribution in [2.45, 2.75) is 62.7 Å². The molecule has 2 aromatic rings. The molecule has 0 radical (unpaired) electrons. The zero-order valence-electron chi connectivity index (χ0n) is 23.1. The third-order valence-electron chi connectivity index (χ3n) is 7.39. The van der Waals surface area contributed by atoms with Crippen LogP contribution in [0.1, 0.15) is 43.2 Å².